The number of rotatable bonds is 2. The molecule has 0 unspecified atom stereocenters. The molecule has 0 amide bonds. The van der Waals surface area contributed by atoms with Crippen molar-refractivity contribution in [3.63, 3.8) is 0 Å². The third-order valence-electron chi connectivity index (χ3n) is 2.32. The number of H-pyrrole nitrogens is 1. The maximum atomic E-state index is 11.0. The van der Waals surface area contributed by atoms with Crippen molar-refractivity contribution < 1.29 is 8.42 Å². The highest BCUT2D eigenvalue weighted by Crippen LogP contribution is 2.22. The second-order valence-corrected chi connectivity index (χ2v) is 6.20. The zero-order valence-electron chi connectivity index (χ0n) is 9.23. The summed E-state index contributed by atoms with van der Waals surface area (Å²) in [5.41, 5.74) is 2.87. The van der Waals surface area contributed by atoms with Gasteiger partial charge in [-0.25, -0.2) is 13.5 Å². The summed E-state index contributed by atoms with van der Waals surface area (Å²) in [5.74, 6) is 0.321. The lowest BCUT2D eigenvalue weighted by Crippen LogP contribution is -1.93. The molecule has 90 valence electrons. The molecule has 0 aliphatic rings. The van der Waals surface area contributed by atoms with Gasteiger partial charge in [0.15, 0.2) is 5.82 Å². The fourth-order valence-electron chi connectivity index (χ4n) is 1.54. The van der Waals surface area contributed by atoms with Crippen molar-refractivity contribution in [1.82, 2.24) is 15.2 Å². The molecule has 1 heterocycles. The average Bonchev–Trinajstić information content (AvgIpc) is 2.65. The first-order valence-corrected chi connectivity index (χ1v) is 7.13. The molecule has 1 N–H and O–H groups in total. The number of hydrogen-bond acceptors (Lipinski definition) is 4. The van der Waals surface area contributed by atoms with Crippen LogP contribution in [0, 0.1) is 13.8 Å². The Bertz CT molecular complexity index is 664. The summed E-state index contributed by atoms with van der Waals surface area (Å²) in [4.78, 5) is 3.86. The molecule has 17 heavy (non-hydrogen) atoms. The van der Waals surface area contributed by atoms with E-state index in [1.165, 1.54) is 0 Å². The van der Waals surface area contributed by atoms with Crippen LogP contribution in [0.3, 0.4) is 0 Å². The molecule has 0 fully saturated rings. The van der Waals surface area contributed by atoms with E-state index >= 15 is 0 Å². The third kappa shape index (κ3) is 2.48. The fraction of sp³-hybridized carbons (Fsp3) is 0.200. The number of hydrogen-bond donors (Lipinski definition) is 1. The minimum atomic E-state index is -3.87. The van der Waals surface area contributed by atoms with Crippen LogP contribution in [0.5, 0.6) is 0 Å². The van der Waals surface area contributed by atoms with E-state index in [0.717, 1.165) is 16.7 Å². The van der Waals surface area contributed by atoms with Gasteiger partial charge in [-0.15, -0.1) is 0 Å². The van der Waals surface area contributed by atoms with Crippen LogP contribution in [0.15, 0.2) is 23.4 Å². The van der Waals surface area contributed by atoms with Gasteiger partial charge in [-0.2, -0.15) is 10.1 Å². The number of aryl methyl sites for hydroxylation is 2. The van der Waals surface area contributed by atoms with Gasteiger partial charge in [0.1, 0.15) is 0 Å². The molecule has 0 radical (unpaired) electrons. The van der Waals surface area contributed by atoms with Gasteiger partial charge in [-0.1, -0.05) is 23.8 Å². The van der Waals surface area contributed by atoms with Crippen molar-refractivity contribution in [2.24, 2.45) is 0 Å². The highest BCUT2D eigenvalue weighted by atomic mass is 35.7. The normalized spacial score (nSPS) is 11.7. The van der Waals surface area contributed by atoms with Crippen LogP contribution in [0.25, 0.3) is 11.4 Å². The standard InChI is InChI=1S/C10H10ClN3O2S/c1-6-3-4-8(7(2)5-6)9-12-10(14-13-9)17(11,15)16/h3-5H,1-2H3,(H,12,13,14). The maximum Gasteiger partial charge on any atom is 0.296 e. The molecule has 2 rings (SSSR count). The Morgan fingerprint density at radius 2 is 2.00 bits per heavy atom. The number of halogens is 1. The molecule has 0 aliphatic carbocycles. The Balaban J connectivity index is 2.51. The largest absolute Gasteiger partial charge is 0.296 e. The van der Waals surface area contributed by atoms with Gasteiger partial charge in [0.2, 0.25) is 0 Å². The van der Waals surface area contributed by atoms with Crippen molar-refractivity contribution in [3.8, 4) is 11.4 Å². The second-order valence-electron chi connectivity index (χ2n) is 3.72. The van der Waals surface area contributed by atoms with Crippen molar-refractivity contribution in [2.45, 2.75) is 19.0 Å². The molecular weight excluding hydrogens is 262 g/mol. The molecule has 1 aromatic heterocycles. The topological polar surface area (TPSA) is 75.7 Å². The molecular formula is C10H10ClN3O2S. The van der Waals surface area contributed by atoms with Crippen LogP contribution in [0.4, 0.5) is 0 Å². The van der Waals surface area contributed by atoms with Gasteiger partial charge in [0.25, 0.3) is 14.2 Å². The van der Waals surface area contributed by atoms with Gasteiger partial charge < -0.3 is 0 Å². The van der Waals surface area contributed by atoms with Crippen molar-refractivity contribution in [2.75, 3.05) is 0 Å². The van der Waals surface area contributed by atoms with Crippen molar-refractivity contribution >= 4 is 19.7 Å². The lowest BCUT2D eigenvalue weighted by Gasteiger charge is -2.01. The molecule has 2 aromatic rings. The minimum Gasteiger partial charge on any atom is -0.248 e. The molecule has 1 aromatic carbocycles. The van der Waals surface area contributed by atoms with Gasteiger partial charge in [-0.3, -0.25) is 0 Å². The average molecular weight is 272 g/mol. The van der Waals surface area contributed by atoms with Crippen LogP contribution >= 0.6 is 10.7 Å². The summed E-state index contributed by atoms with van der Waals surface area (Å²) in [6, 6.07) is 5.73. The molecule has 0 spiro atoms. The molecule has 0 atom stereocenters. The number of nitrogens with zero attached hydrogens (tertiary/aromatic N) is 2. The monoisotopic (exact) mass is 271 g/mol. The summed E-state index contributed by atoms with van der Waals surface area (Å²) >= 11 is 0. The number of aromatic nitrogens is 3. The predicted octanol–water partition coefficient (Wildman–Crippen LogP) is 2.02. The van der Waals surface area contributed by atoms with Gasteiger partial charge in [-0.05, 0) is 19.4 Å². The zero-order chi connectivity index (χ0) is 12.6. The van der Waals surface area contributed by atoms with Gasteiger partial charge in [0, 0.05) is 16.2 Å². The van der Waals surface area contributed by atoms with Gasteiger partial charge in [0.05, 0.1) is 0 Å². The summed E-state index contributed by atoms with van der Waals surface area (Å²) in [7, 11) is 1.29. The lowest BCUT2D eigenvalue weighted by molar-refractivity contribution is 0.602. The number of nitrogens with one attached hydrogen (secondary N) is 1. The maximum absolute atomic E-state index is 11.0. The quantitative estimate of drug-likeness (QED) is 0.848. The van der Waals surface area contributed by atoms with Gasteiger partial charge >= 0.3 is 0 Å². The fourth-order valence-corrected chi connectivity index (χ4v) is 2.10. The van der Waals surface area contributed by atoms with E-state index in [-0.39, 0.29) is 5.16 Å². The summed E-state index contributed by atoms with van der Waals surface area (Å²) in [6.07, 6.45) is 0. The van der Waals surface area contributed by atoms with E-state index < -0.39 is 9.05 Å². The Labute approximate surface area is 103 Å². The third-order valence-corrected chi connectivity index (χ3v) is 3.40. The Morgan fingerprint density at radius 1 is 1.29 bits per heavy atom. The minimum absolute atomic E-state index is 0.321. The first-order chi connectivity index (χ1) is 7.88. The Hall–Kier alpha value is -1.40. The second kappa shape index (κ2) is 4.12. The zero-order valence-corrected chi connectivity index (χ0v) is 10.8. The molecule has 7 heteroatoms. The molecule has 5 nitrogen and oxygen atoms in total. The SMILES string of the molecule is Cc1ccc(-c2n[nH]c(S(=O)(=O)Cl)n2)c(C)c1. The van der Waals surface area contributed by atoms with Crippen molar-refractivity contribution in [3.05, 3.63) is 29.3 Å². The molecule has 0 saturated carbocycles. The van der Waals surface area contributed by atoms with Crippen LogP contribution in [0.1, 0.15) is 11.1 Å². The lowest BCUT2D eigenvalue weighted by atomic mass is 10.1. The van der Waals surface area contributed by atoms with E-state index in [0.29, 0.717) is 5.82 Å². The Morgan fingerprint density at radius 3 is 2.53 bits per heavy atom. The summed E-state index contributed by atoms with van der Waals surface area (Å²) in [6.45, 7) is 3.89. The summed E-state index contributed by atoms with van der Waals surface area (Å²) < 4.78 is 22.1. The molecule has 0 bridgehead atoms. The van der Waals surface area contributed by atoms with Crippen LogP contribution in [0.2, 0.25) is 0 Å². The van der Waals surface area contributed by atoms with Crippen LogP contribution < -0.4 is 0 Å². The van der Waals surface area contributed by atoms with E-state index in [9.17, 15) is 8.42 Å². The number of aromatic amines is 1. The number of benzene rings is 1. The van der Waals surface area contributed by atoms with E-state index in [4.69, 9.17) is 10.7 Å². The highest BCUT2D eigenvalue weighted by Gasteiger charge is 2.17. The Kier molecular flexibility index (Phi) is 2.92. The predicted molar refractivity (Wildman–Crippen MR) is 64.3 cm³/mol. The highest BCUT2D eigenvalue weighted by molar-refractivity contribution is 8.13. The summed E-state index contributed by atoms with van der Waals surface area (Å²) in [5, 5.41) is 5.81. The molecule has 0 saturated heterocycles. The van der Waals surface area contributed by atoms with Crippen LogP contribution in [-0.4, -0.2) is 23.6 Å². The first-order valence-electron chi connectivity index (χ1n) is 4.82. The van der Waals surface area contributed by atoms with E-state index in [1.54, 1.807) is 0 Å². The van der Waals surface area contributed by atoms with Crippen LogP contribution in [-0.2, 0) is 9.05 Å². The first kappa shape index (κ1) is 12.1. The smallest absolute Gasteiger partial charge is 0.248 e. The van der Waals surface area contributed by atoms with Crippen molar-refractivity contribution in [1.29, 1.82) is 0 Å². The van der Waals surface area contributed by atoms with E-state index in [1.807, 2.05) is 32.0 Å². The molecule has 0 aliphatic heterocycles. The van der Waals surface area contributed by atoms with E-state index in [2.05, 4.69) is 15.2 Å².